The van der Waals surface area contributed by atoms with Crippen LogP contribution in [0.25, 0.3) is 11.1 Å². The zero-order chi connectivity index (χ0) is 16.3. The molecule has 1 heterocycles. The fourth-order valence-electron chi connectivity index (χ4n) is 2.37. The first kappa shape index (κ1) is 16.2. The van der Waals surface area contributed by atoms with E-state index in [1.54, 1.807) is 43.3 Å². The first-order valence-corrected chi connectivity index (χ1v) is 7.26. The minimum absolute atomic E-state index is 0.162. The van der Waals surface area contributed by atoms with Crippen LogP contribution in [0.4, 0.5) is 4.39 Å². The number of nitrogens with zero attached hydrogens (tertiary/aromatic N) is 1. The van der Waals surface area contributed by atoms with Crippen LogP contribution < -0.4 is 0 Å². The van der Waals surface area contributed by atoms with Crippen molar-refractivity contribution in [1.29, 1.82) is 0 Å². The van der Waals surface area contributed by atoms with Crippen molar-refractivity contribution in [3.05, 3.63) is 48.0 Å². The summed E-state index contributed by atoms with van der Waals surface area (Å²) in [7, 11) is 0. The van der Waals surface area contributed by atoms with Crippen LogP contribution >= 0.6 is 0 Å². The number of benzene rings is 1. The summed E-state index contributed by atoms with van der Waals surface area (Å²) >= 11 is 0. The van der Waals surface area contributed by atoms with Gasteiger partial charge in [0, 0.05) is 31.0 Å². The average molecular weight is 304 g/mol. The number of hydrogen-bond acceptors (Lipinski definition) is 2. The molecule has 5 heteroatoms. The molecule has 2 aromatic rings. The van der Waals surface area contributed by atoms with Gasteiger partial charge in [0.05, 0.1) is 11.2 Å². The van der Waals surface area contributed by atoms with E-state index in [0.29, 0.717) is 12.1 Å². The first-order chi connectivity index (χ1) is 10.3. The summed E-state index contributed by atoms with van der Waals surface area (Å²) in [6, 6.07) is 6.01. The maximum absolute atomic E-state index is 13.0. The van der Waals surface area contributed by atoms with Gasteiger partial charge < -0.3 is 15.0 Å². The van der Waals surface area contributed by atoms with Gasteiger partial charge in [-0.1, -0.05) is 12.1 Å². The third kappa shape index (κ3) is 3.74. The zero-order valence-electron chi connectivity index (χ0n) is 13.1. The van der Waals surface area contributed by atoms with Crippen molar-refractivity contribution in [3.63, 3.8) is 0 Å². The number of carbonyl (C=O) groups is 1. The predicted molar refractivity (Wildman–Crippen MR) is 84.1 cm³/mol. The molecule has 0 radical (unpaired) electrons. The van der Waals surface area contributed by atoms with Crippen LogP contribution in [0.5, 0.6) is 0 Å². The summed E-state index contributed by atoms with van der Waals surface area (Å²) < 4.78 is 13.0. The standard InChI is InChI=1S/C17H21FN2O2/c1-4-20(11-17(2,3)22)16(21)15-10-19-9-14(15)12-5-7-13(18)8-6-12/h5-10,19,22H,4,11H2,1-3H3. The molecule has 0 fully saturated rings. The smallest absolute Gasteiger partial charge is 0.256 e. The average Bonchev–Trinajstić information content (AvgIpc) is 2.93. The Kier molecular flexibility index (Phi) is 4.66. The highest BCUT2D eigenvalue weighted by Crippen LogP contribution is 2.25. The van der Waals surface area contributed by atoms with Gasteiger partial charge in [0.2, 0.25) is 0 Å². The first-order valence-electron chi connectivity index (χ1n) is 7.26. The summed E-state index contributed by atoms with van der Waals surface area (Å²) in [6.07, 6.45) is 3.35. The van der Waals surface area contributed by atoms with E-state index in [1.165, 1.54) is 12.1 Å². The van der Waals surface area contributed by atoms with Crippen molar-refractivity contribution in [2.45, 2.75) is 26.4 Å². The van der Waals surface area contributed by atoms with Crippen molar-refractivity contribution < 1.29 is 14.3 Å². The van der Waals surface area contributed by atoms with Crippen LogP contribution in [0.3, 0.4) is 0 Å². The normalized spacial score (nSPS) is 11.5. The number of H-pyrrole nitrogens is 1. The monoisotopic (exact) mass is 304 g/mol. The molecule has 2 rings (SSSR count). The van der Waals surface area contributed by atoms with E-state index < -0.39 is 5.60 Å². The molecule has 0 aliphatic carbocycles. The van der Waals surface area contributed by atoms with E-state index in [1.807, 2.05) is 6.92 Å². The summed E-state index contributed by atoms with van der Waals surface area (Å²) in [5.74, 6) is -0.477. The molecule has 118 valence electrons. The van der Waals surface area contributed by atoms with E-state index >= 15 is 0 Å². The minimum Gasteiger partial charge on any atom is -0.389 e. The molecule has 1 aromatic heterocycles. The van der Waals surface area contributed by atoms with Gasteiger partial charge in [0.1, 0.15) is 5.82 Å². The predicted octanol–water partition coefficient (Wildman–Crippen LogP) is 3.05. The van der Waals surface area contributed by atoms with E-state index in [0.717, 1.165) is 11.1 Å². The number of aromatic amines is 1. The lowest BCUT2D eigenvalue weighted by Gasteiger charge is -2.28. The van der Waals surface area contributed by atoms with Crippen LogP contribution in [0.15, 0.2) is 36.7 Å². The number of carbonyl (C=O) groups excluding carboxylic acids is 1. The summed E-state index contributed by atoms with van der Waals surface area (Å²) in [5.41, 5.74) is 1.04. The second-order valence-corrected chi connectivity index (χ2v) is 5.92. The van der Waals surface area contributed by atoms with Gasteiger partial charge in [0.25, 0.3) is 5.91 Å². The van der Waals surface area contributed by atoms with Gasteiger partial charge in [-0.05, 0) is 38.5 Å². The quantitative estimate of drug-likeness (QED) is 0.892. The van der Waals surface area contributed by atoms with Crippen LogP contribution in [-0.4, -0.2) is 39.6 Å². The van der Waals surface area contributed by atoms with Crippen molar-refractivity contribution in [2.75, 3.05) is 13.1 Å². The molecule has 1 aromatic carbocycles. The summed E-state index contributed by atoms with van der Waals surface area (Å²) in [5, 5.41) is 9.94. The van der Waals surface area contributed by atoms with Crippen LogP contribution in [-0.2, 0) is 0 Å². The molecule has 0 saturated carbocycles. The number of likely N-dealkylation sites (N-methyl/N-ethyl adjacent to an activating group) is 1. The Balaban J connectivity index is 2.31. The highest BCUT2D eigenvalue weighted by molar-refractivity contribution is 6.00. The van der Waals surface area contributed by atoms with E-state index in [4.69, 9.17) is 0 Å². The third-order valence-corrected chi connectivity index (χ3v) is 3.38. The van der Waals surface area contributed by atoms with Crippen molar-refractivity contribution in [2.24, 2.45) is 0 Å². The molecular formula is C17H21FN2O2. The molecule has 0 aliphatic heterocycles. The lowest BCUT2D eigenvalue weighted by atomic mass is 10.0. The van der Waals surface area contributed by atoms with E-state index in [9.17, 15) is 14.3 Å². The van der Waals surface area contributed by atoms with Gasteiger partial charge in [-0.15, -0.1) is 0 Å². The van der Waals surface area contributed by atoms with Gasteiger partial charge >= 0.3 is 0 Å². The third-order valence-electron chi connectivity index (χ3n) is 3.38. The maximum atomic E-state index is 13.0. The minimum atomic E-state index is -0.960. The van der Waals surface area contributed by atoms with Gasteiger partial charge in [-0.25, -0.2) is 4.39 Å². The molecule has 2 N–H and O–H groups in total. The Morgan fingerprint density at radius 1 is 1.27 bits per heavy atom. The molecule has 0 unspecified atom stereocenters. The fraction of sp³-hybridized carbons (Fsp3) is 0.353. The number of rotatable bonds is 5. The Morgan fingerprint density at radius 2 is 1.91 bits per heavy atom. The Morgan fingerprint density at radius 3 is 2.45 bits per heavy atom. The topological polar surface area (TPSA) is 56.3 Å². The SMILES string of the molecule is CCN(CC(C)(C)O)C(=O)c1c[nH]cc1-c1ccc(F)cc1. The second kappa shape index (κ2) is 6.32. The number of aliphatic hydroxyl groups is 1. The number of halogens is 1. The molecule has 0 aliphatic rings. The van der Waals surface area contributed by atoms with Crippen molar-refractivity contribution in [3.8, 4) is 11.1 Å². The van der Waals surface area contributed by atoms with Gasteiger partial charge in [-0.2, -0.15) is 0 Å². The largest absolute Gasteiger partial charge is 0.389 e. The molecule has 4 nitrogen and oxygen atoms in total. The van der Waals surface area contributed by atoms with Gasteiger partial charge in [0.15, 0.2) is 0 Å². The summed E-state index contributed by atoms with van der Waals surface area (Å²) in [4.78, 5) is 17.2. The van der Waals surface area contributed by atoms with E-state index in [2.05, 4.69) is 4.98 Å². The molecule has 0 bridgehead atoms. The Bertz CT molecular complexity index is 641. The lowest BCUT2D eigenvalue weighted by Crippen LogP contribution is -2.42. The number of nitrogens with one attached hydrogen (secondary N) is 1. The van der Waals surface area contributed by atoms with Crippen LogP contribution in [0, 0.1) is 5.82 Å². The van der Waals surface area contributed by atoms with E-state index in [-0.39, 0.29) is 18.3 Å². The molecular weight excluding hydrogens is 283 g/mol. The van der Waals surface area contributed by atoms with Crippen LogP contribution in [0.2, 0.25) is 0 Å². The molecule has 0 spiro atoms. The Labute approximate surface area is 129 Å². The van der Waals surface area contributed by atoms with Gasteiger partial charge in [-0.3, -0.25) is 4.79 Å². The molecule has 0 saturated heterocycles. The fourth-order valence-corrected chi connectivity index (χ4v) is 2.37. The lowest BCUT2D eigenvalue weighted by molar-refractivity contribution is 0.0315. The molecule has 1 amide bonds. The zero-order valence-corrected chi connectivity index (χ0v) is 13.1. The Hall–Kier alpha value is -2.14. The highest BCUT2D eigenvalue weighted by atomic mass is 19.1. The van der Waals surface area contributed by atoms with Crippen molar-refractivity contribution in [1.82, 2.24) is 9.88 Å². The van der Waals surface area contributed by atoms with Crippen molar-refractivity contribution >= 4 is 5.91 Å². The second-order valence-electron chi connectivity index (χ2n) is 5.92. The summed E-state index contributed by atoms with van der Waals surface area (Å²) in [6.45, 7) is 5.95. The number of amides is 1. The number of aromatic nitrogens is 1. The molecule has 22 heavy (non-hydrogen) atoms. The van der Waals surface area contributed by atoms with Crippen LogP contribution in [0.1, 0.15) is 31.1 Å². The number of hydrogen-bond donors (Lipinski definition) is 2. The molecule has 0 atom stereocenters. The highest BCUT2D eigenvalue weighted by Gasteiger charge is 2.24. The maximum Gasteiger partial charge on any atom is 0.256 e.